The number of nitrogens with zero attached hydrogens (tertiary/aromatic N) is 4. The zero-order valence-corrected chi connectivity index (χ0v) is 12.5. The molecule has 20 heavy (non-hydrogen) atoms. The number of aromatic nitrogens is 1. The van der Waals surface area contributed by atoms with Crippen molar-refractivity contribution in [2.45, 2.75) is 26.7 Å². The molecule has 0 spiro atoms. The van der Waals surface area contributed by atoms with Gasteiger partial charge in [-0.15, -0.1) is 0 Å². The summed E-state index contributed by atoms with van der Waals surface area (Å²) in [4.78, 5) is 9.23. The van der Waals surface area contributed by atoms with Crippen LogP contribution in [-0.2, 0) is 0 Å². The number of hydrogen-bond donors (Lipinski definition) is 0. The van der Waals surface area contributed by atoms with Crippen molar-refractivity contribution < 1.29 is 0 Å². The summed E-state index contributed by atoms with van der Waals surface area (Å²) >= 11 is 0. The monoisotopic (exact) mass is 272 g/mol. The van der Waals surface area contributed by atoms with E-state index in [1.165, 1.54) is 19.4 Å². The molecule has 0 amide bonds. The fourth-order valence-electron chi connectivity index (χ4n) is 2.73. The highest BCUT2D eigenvalue weighted by molar-refractivity contribution is 5.45. The summed E-state index contributed by atoms with van der Waals surface area (Å²) in [6, 6.07) is 5.82. The summed E-state index contributed by atoms with van der Waals surface area (Å²) in [6.07, 6.45) is 4.26. The Morgan fingerprint density at radius 3 is 2.55 bits per heavy atom. The van der Waals surface area contributed by atoms with E-state index in [0.29, 0.717) is 5.56 Å². The lowest BCUT2D eigenvalue weighted by Crippen LogP contribution is -2.48. The van der Waals surface area contributed by atoms with Gasteiger partial charge in [-0.1, -0.05) is 26.7 Å². The zero-order chi connectivity index (χ0) is 14.4. The second kappa shape index (κ2) is 7.25. The van der Waals surface area contributed by atoms with E-state index >= 15 is 0 Å². The SMILES string of the molecule is CCC(CC)CN1CCN(c2cc(C#N)ccn2)CC1. The lowest BCUT2D eigenvalue weighted by Gasteiger charge is -2.36. The molecule has 1 fully saturated rings. The highest BCUT2D eigenvalue weighted by atomic mass is 15.3. The molecule has 1 aliphatic heterocycles. The van der Waals surface area contributed by atoms with Crippen molar-refractivity contribution in [1.82, 2.24) is 9.88 Å². The Labute approximate surface area is 122 Å². The van der Waals surface area contributed by atoms with E-state index in [2.05, 4.69) is 34.7 Å². The number of piperazine rings is 1. The lowest BCUT2D eigenvalue weighted by molar-refractivity contribution is 0.212. The van der Waals surface area contributed by atoms with Crippen molar-refractivity contribution in [3.63, 3.8) is 0 Å². The van der Waals surface area contributed by atoms with Gasteiger partial charge < -0.3 is 4.90 Å². The van der Waals surface area contributed by atoms with E-state index in [0.717, 1.165) is 37.9 Å². The van der Waals surface area contributed by atoms with E-state index in [1.54, 1.807) is 12.3 Å². The van der Waals surface area contributed by atoms with Gasteiger partial charge in [0.1, 0.15) is 5.82 Å². The largest absolute Gasteiger partial charge is 0.354 e. The molecule has 1 aromatic heterocycles. The van der Waals surface area contributed by atoms with E-state index in [9.17, 15) is 0 Å². The Morgan fingerprint density at radius 2 is 1.95 bits per heavy atom. The first-order valence-electron chi connectivity index (χ1n) is 7.60. The molecule has 4 heteroatoms. The molecule has 0 atom stereocenters. The van der Waals surface area contributed by atoms with Gasteiger partial charge in [0.15, 0.2) is 0 Å². The predicted molar refractivity (Wildman–Crippen MR) is 81.7 cm³/mol. The molecule has 0 saturated carbocycles. The number of nitriles is 1. The Bertz CT molecular complexity index is 454. The molecular weight excluding hydrogens is 248 g/mol. The number of rotatable bonds is 5. The minimum absolute atomic E-state index is 0.689. The van der Waals surface area contributed by atoms with Crippen molar-refractivity contribution in [3.8, 4) is 6.07 Å². The summed E-state index contributed by atoms with van der Waals surface area (Å²) in [6.45, 7) is 9.96. The minimum Gasteiger partial charge on any atom is -0.354 e. The molecule has 0 aliphatic carbocycles. The maximum Gasteiger partial charge on any atom is 0.129 e. The van der Waals surface area contributed by atoms with Gasteiger partial charge in [0.05, 0.1) is 11.6 Å². The normalized spacial score (nSPS) is 16.4. The summed E-state index contributed by atoms with van der Waals surface area (Å²) in [5, 5.41) is 8.95. The maximum absolute atomic E-state index is 8.95. The van der Waals surface area contributed by atoms with Crippen LogP contribution >= 0.6 is 0 Å². The Kier molecular flexibility index (Phi) is 5.37. The van der Waals surface area contributed by atoms with Crippen molar-refractivity contribution in [3.05, 3.63) is 23.9 Å². The van der Waals surface area contributed by atoms with Crippen LogP contribution in [0, 0.1) is 17.2 Å². The van der Waals surface area contributed by atoms with Gasteiger partial charge in [-0.2, -0.15) is 5.26 Å². The van der Waals surface area contributed by atoms with E-state index in [4.69, 9.17) is 5.26 Å². The molecule has 2 heterocycles. The molecule has 0 radical (unpaired) electrons. The quantitative estimate of drug-likeness (QED) is 0.826. The predicted octanol–water partition coefficient (Wildman–Crippen LogP) is 2.51. The first-order valence-corrected chi connectivity index (χ1v) is 7.60. The first kappa shape index (κ1) is 14.8. The van der Waals surface area contributed by atoms with Crippen LogP contribution in [0.1, 0.15) is 32.3 Å². The van der Waals surface area contributed by atoms with Gasteiger partial charge in [0.25, 0.3) is 0 Å². The molecule has 0 aromatic carbocycles. The zero-order valence-electron chi connectivity index (χ0n) is 12.5. The molecule has 1 aromatic rings. The molecule has 0 unspecified atom stereocenters. The van der Waals surface area contributed by atoms with E-state index < -0.39 is 0 Å². The van der Waals surface area contributed by atoms with Crippen molar-refractivity contribution in [2.75, 3.05) is 37.6 Å². The van der Waals surface area contributed by atoms with Gasteiger partial charge >= 0.3 is 0 Å². The molecule has 2 rings (SSSR count). The van der Waals surface area contributed by atoms with Gasteiger partial charge in [0.2, 0.25) is 0 Å². The second-order valence-corrected chi connectivity index (χ2v) is 5.48. The third kappa shape index (κ3) is 3.71. The molecular formula is C16H24N4. The highest BCUT2D eigenvalue weighted by Crippen LogP contribution is 2.16. The van der Waals surface area contributed by atoms with Gasteiger partial charge in [-0.3, -0.25) is 4.90 Å². The van der Waals surface area contributed by atoms with Crippen molar-refractivity contribution in [1.29, 1.82) is 5.26 Å². The highest BCUT2D eigenvalue weighted by Gasteiger charge is 2.19. The van der Waals surface area contributed by atoms with Crippen molar-refractivity contribution >= 4 is 5.82 Å². The number of pyridine rings is 1. The third-order valence-electron chi connectivity index (χ3n) is 4.24. The summed E-state index contributed by atoms with van der Waals surface area (Å²) in [5.41, 5.74) is 0.689. The van der Waals surface area contributed by atoms with Crippen LogP contribution < -0.4 is 4.90 Å². The average Bonchev–Trinajstić information content (AvgIpc) is 2.53. The molecule has 1 aliphatic rings. The molecule has 1 saturated heterocycles. The Hall–Kier alpha value is -1.60. The van der Waals surface area contributed by atoms with E-state index in [1.807, 2.05) is 6.07 Å². The average molecular weight is 272 g/mol. The van der Waals surface area contributed by atoms with Gasteiger partial charge in [0, 0.05) is 38.9 Å². The molecule has 0 N–H and O–H groups in total. The van der Waals surface area contributed by atoms with Crippen LogP contribution in [0.3, 0.4) is 0 Å². The second-order valence-electron chi connectivity index (χ2n) is 5.48. The molecule has 108 valence electrons. The summed E-state index contributed by atoms with van der Waals surface area (Å²) in [5.74, 6) is 1.76. The van der Waals surface area contributed by atoms with Crippen molar-refractivity contribution in [2.24, 2.45) is 5.92 Å². The number of anilines is 1. The van der Waals surface area contributed by atoms with Gasteiger partial charge in [-0.05, 0) is 18.1 Å². The minimum atomic E-state index is 0.689. The first-order chi connectivity index (χ1) is 9.76. The van der Waals surface area contributed by atoms with Gasteiger partial charge in [-0.25, -0.2) is 4.98 Å². The maximum atomic E-state index is 8.95. The van der Waals surface area contributed by atoms with Crippen LogP contribution in [0.15, 0.2) is 18.3 Å². The fourth-order valence-corrected chi connectivity index (χ4v) is 2.73. The third-order valence-corrected chi connectivity index (χ3v) is 4.24. The smallest absolute Gasteiger partial charge is 0.129 e. The van der Waals surface area contributed by atoms with Crippen LogP contribution in [0.5, 0.6) is 0 Å². The summed E-state index contributed by atoms with van der Waals surface area (Å²) in [7, 11) is 0. The molecule has 4 nitrogen and oxygen atoms in total. The van der Waals surface area contributed by atoms with E-state index in [-0.39, 0.29) is 0 Å². The Morgan fingerprint density at radius 1 is 1.25 bits per heavy atom. The molecule has 0 bridgehead atoms. The standard InChI is InChI=1S/C16H24N4/c1-3-14(4-2)13-19-7-9-20(10-8-19)16-11-15(12-17)5-6-18-16/h5-6,11,14H,3-4,7-10,13H2,1-2H3. The topological polar surface area (TPSA) is 43.2 Å². The number of hydrogen-bond acceptors (Lipinski definition) is 4. The van der Waals surface area contributed by atoms with Crippen LogP contribution in [-0.4, -0.2) is 42.6 Å². The Balaban J connectivity index is 1.89. The van der Waals surface area contributed by atoms with Crippen LogP contribution in [0.4, 0.5) is 5.82 Å². The summed E-state index contributed by atoms with van der Waals surface area (Å²) < 4.78 is 0. The van der Waals surface area contributed by atoms with Crippen LogP contribution in [0.25, 0.3) is 0 Å². The fraction of sp³-hybridized carbons (Fsp3) is 0.625. The lowest BCUT2D eigenvalue weighted by atomic mass is 10.0. The van der Waals surface area contributed by atoms with Crippen LogP contribution in [0.2, 0.25) is 0 Å².